The van der Waals surface area contributed by atoms with E-state index in [1.54, 1.807) is 24.3 Å². The first-order valence-corrected chi connectivity index (χ1v) is 4.30. The lowest BCUT2D eigenvalue weighted by atomic mass is 9.91. The van der Waals surface area contributed by atoms with E-state index in [4.69, 9.17) is 10.0 Å². The summed E-state index contributed by atoms with van der Waals surface area (Å²) in [6.45, 7) is 1.38. The molecule has 1 rings (SSSR count). The Hall–Kier alpha value is -1.33. The van der Waals surface area contributed by atoms with Crippen LogP contribution in [0, 0.1) is 0 Å². The van der Waals surface area contributed by atoms with Gasteiger partial charge in [-0.2, -0.15) is 0 Å². The minimum absolute atomic E-state index is 0.112. The quantitative estimate of drug-likeness (QED) is 0.666. The molecule has 0 heterocycles. The molecule has 0 aliphatic rings. The van der Waals surface area contributed by atoms with Crippen molar-refractivity contribution in [3.8, 4) is 0 Å². The molecule has 5 heteroatoms. The Balaban J connectivity index is 2.84. The summed E-state index contributed by atoms with van der Waals surface area (Å²) in [5.74, 6) is -0.218. The highest BCUT2D eigenvalue weighted by atomic mass is 16.4. The largest absolute Gasteiger partial charge is 0.472 e. The van der Waals surface area contributed by atoms with E-state index in [-0.39, 0.29) is 12.4 Å². The number of hydrogen-bond donors (Lipinski definition) is 2. The predicted molar refractivity (Wildman–Crippen MR) is 54.7 cm³/mol. The summed E-state index contributed by atoms with van der Waals surface area (Å²) in [5.41, 5.74) is 0.660. The fraction of sp³-hybridized carbons (Fsp3) is 0.222. The second-order valence-corrected chi connectivity index (χ2v) is 2.95. The Morgan fingerprint density at radius 1 is 1.36 bits per heavy atom. The third kappa shape index (κ3) is 2.87. The second kappa shape index (κ2) is 4.78. The molecule has 0 spiro atoms. The molecule has 1 amide bonds. The lowest BCUT2D eigenvalue weighted by molar-refractivity contribution is -0.116. The Kier molecular flexibility index (Phi) is 3.68. The van der Waals surface area contributed by atoms with E-state index < -0.39 is 7.12 Å². The maximum atomic E-state index is 11.2. The normalized spacial score (nSPS) is 9.64. The molecule has 14 heavy (non-hydrogen) atoms. The van der Waals surface area contributed by atoms with Crippen molar-refractivity contribution in [1.82, 2.24) is 0 Å². The molecular formula is C9H12BNO3. The summed E-state index contributed by atoms with van der Waals surface area (Å²) in [6.07, 6.45) is -0.112. The summed E-state index contributed by atoms with van der Waals surface area (Å²) < 4.78 is 0. The number of carbonyl (C=O) groups excluding carboxylic acids is 1. The van der Waals surface area contributed by atoms with Crippen molar-refractivity contribution >= 4 is 18.7 Å². The molecular weight excluding hydrogens is 181 g/mol. The fourth-order valence-electron chi connectivity index (χ4n) is 1.19. The molecule has 0 aromatic heterocycles. The molecule has 1 aromatic rings. The van der Waals surface area contributed by atoms with Crippen LogP contribution in [-0.2, 0) is 4.79 Å². The smallest absolute Gasteiger partial charge is 0.426 e. The van der Waals surface area contributed by atoms with Gasteiger partial charge in [-0.05, 0) is 12.1 Å². The molecule has 0 radical (unpaired) electrons. The molecule has 1 aromatic carbocycles. The van der Waals surface area contributed by atoms with Crippen LogP contribution in [0.5, 0.6) is 0 Å². The van der Waals surface area contributed by atoms with Gasteiger partial charge in [-0.3, -0.25) is 4.79 Å². The van der Waals surface area contributed by atoms with Crippen molar-refractivity contribution < 1.29 is 14.8 Å². The van der Waals surface area contributed by atoms with Crippen LogP contribution in [0.2, 0.25) is 0 Å². The van der Waals surface area contributed by atoms with Gasteiger partial charge in [0.15, 0.2) is 0 Å². The zero-order valence-corrected chi connectivity index (χ0v) is 7.92. The van der Waals surface area contributed by atoms with Gasteiger partial charge < -0.3 is 14.9 Å². The van der Waals surface area contributed by atoms with Crippen LogP contribution in [0.3, 0.4) is 0 Å². The van der Waals surface area contributed by atoms with Crippen molar-refractivity contribution in [2.24, 2.45) is 0 Å². The van der Waals surface area contributed by atoms with Gasteiger partial charge in [-0.15, -0.1) is 0 Å². The van der Waals surface area contributed by atoms with E-state index in [1.165, 1.54) is 11.8 Å². The van der Waals surface area contributed by atoms with Gasteiger partial charge in [0.25, 0.3) is 0 Å². The molecule has 2 N–H and O–H groups in total. The van der Waals surface area contributed by atoms with Crippen molar-refractivity contribution in [1.29, 1.82) is 0 Å². The van der Waals surface area contributed by atoms with E-state index >= 15 is 0 Å². The Morgan fingerprint density at radius 3 is 2.36 bits per heavy atom. The van der Waals surface area contributed by atoms with Crippen LogP contribution in [0.15, 0.2) is 30.3 Å². The lowest BCUT2D eigenvalue weighted by Gasteiger charge is -2.20. The molecule has 0 aliphatic carbocycles. The zero-order chi connectivity index (χ0) is 10.6. The van der Waals surface area contributed by atoms with Crippen LogP contribution in [0.25, 0.3) is 0 Å². The summed E-state index contributed by atoms with van der Waals surface area (Å²) in [6, 6.07) is 8.88. The molecule has 0 aliphatic heterocycles. The predicted octanol–water partition coefficient (Wildman–Crippen LogP) is 0.0515. The molecule has 0 saturated heterocycles. The van der Waals surface area contributed by atoms with E-state index in [1.807, 2.05) is 6.07 Å². The highest BCUT2D eigenvalue weighted by molar-refractivity contribution is 6.42. The standard InChI is InChI=1S/C9H12BNO3/c1-8(12)11(7-10(13)14)9-5-3-2-4-6-9/h2-6,13-14H,7H2,1H3. The minimum Gasteiger partial charge on any atom is -0.426 e. The van der Waals surface area contributed by atoms with E-state index in [0.717, 1.165) is 0 Å². The van der Waals surface area contributed by atoms with Crippen LogP contribution in [0.4, 0.5) is 5.69 Å². The highest BCUT2D eigenvalue weighted by Gasteiger charge is 2.17. The molecule has 0 saturated carbocycles. The average Bonchev–Trinajstić information content (AvgIpc) is 2.15. The van der Waals surface area contributed by atoms with Crippen molar-refractivity contribution in [3.05, 3.63) is 30.3 Å². The SMILES string of the molecule is CC(=O)N(CB(O)O)c1ccccc1. The average molecular weight is 193 g/mol. The number of nitrogens with zero attached hydrogens (tertiary/aromatic N) is 1. The third-order valence-corrected chi connectivity index (χ3v) is 1.79. The summed E-state index contributed by atoms with van der Waals surface area (Å²) in [7, 11) is -1.51. The Labute approximate surface area is 82.9 Å². The molecule has 0 atom stereocenters. The zero-order valence-electron chi connectivity index (χ0n) is 7.92. The monoisotopic (exact) mass is 193 g/mol. The van der Waals surface area contributed by atoms with Gasteiger partial charge in [0.2, 0.25) is 5.91 Å². The Bertz CT molecular complexity index is 302. The van der Waals surface area contributed by atoms with Gasteiger partial charge in [-0.1, -0.05) is 18.2 Å². The number of amides is 1. The van der Waals surface area contributed by atoms with Crippen molar-refractivity contribution in [2.75, 3.05) is 11.3 Å². The Morgan fingerprint density at radius 2 is 1.93 bits per heavy atom. The van der Waals surface area contributed by atoms with E-state index in [0.29, 0.717) is 5.69 Å². The second-order valence-electron chi connectivity index (χ2n) is 2.95. The lowest BCUT2D eigenvalue weighted by Crippen LogP contribution is -2.38. The fourth-order valence-corrected chi connectivity index (χ4v) is 1.19. The third-order valence-electron chi connectivity index (χ3n) is 1.79. The van der Waals surface area contributed by atoms with Gasteiger partial charge in [0, 0.05) is 12.6 Å². The minimum atomic E-state index is -1.51. The topological polar surface area (TPSA) is 60.8 Å². The first-order chi connectivity index (χ1) is 6.61. The van der Waals surface area contributed by atoms with Crippen LogP contribution < -0.4 is 4.90 Å². The molecule has 0 bridgehead atoms. The number of para-hydroxylation sites is 1. The summed E-state index contributed by atoms with van der Waals surface area (Å²) in [4.78, 5) is 12.5. The highest BCUT2D eigenvalue weighted by Crippen LogP contribution is 2.12. The number of benzene rings is 1. The maximum Gasteiger partial charge on any atom is 0.472 e. The molecule has 0 unspecified atom stereocenters. The van der Waals surface area contributed by atoms with Gasteiger partial charge in [0.05, 0.1) is 6.44 Å². The summed E-state index contributed by atoms with van der Waals surface area (Å²) >= 11 is 0. The van der Waals surface area contributed by atoms with Crippen LogP contribution in [-0.4, -0.2) is 29.5 Å². The van der Waals surface area contributed by atoms with Gasteiger partial charge in [-0.25, -0.2) is 0 Å². The van der Waals surface area contributed by atoms with Crippen molar-refractivity contribution in [2.45, 2.75) is 6.92 Å². The number of carbonyl (C=O) groups is 1. The van der Waals surface area contributed by atoms with Crippen LogP contribution in [0.1, 0.15) is 6.92 Å². The molecule has 4 nitrogen and oxygen atoms in total. The molecule has 74 valence electrons. The van der Waals surface area contributed by atoms with Gasteiger partial charge >= 0.3 is 7.12 Å². The van der Waals surface area contributed by atoms with E-state index in [2.05, 4.69) is 0 Å². The first-order valence-electron chi connectivity index (χ1n) is 4.30. The number of hydrogen-bond acceptors (Lipinski definition) is 3. The molecule has 0 fully saturated rings. The van der Waals surface area contributed by atoms with Gasteiger partial charge in [0.1, 0.15) is 0 Å². The number of anilines is 1. The van der Waals surface area contributed by atoms with E-state index in [9.17, 15) is 4.79 Å². The first kappa shape index (κ1) is 10.8. The van der Waals surface area contributed by atoms with Crippen LogP contribution >= 0.6 is 0 Å². The summed E-state index contributed by atoms with van der Waals surface area (Å²) in [5, 5.41) is 17.6. The maximum absolute atomic E-state index is 11.2. The number of rotatable bonds is 3. The van der Waals surface area contributed by atoms with Crippen molar-refractivity contribution in [3.63, 3.8) is 0 Å².